The number of allylic oxidation sites excluding steroid dienone is 2. The molecule has 0 aromatic carbocycles. The molecule has 4 nitrogen and oxygen atoms in total. The quantitative estimate of drug-likeness (QED) is 0.871. The Hall–Kier alpha value is -1.36. The molecule has 1 aliphatic carbocycles. The molecule has 0 unspecified atom stereocenters. The van der Waals surface area contributed by atoms with Gasteiger partial charge in [-0.15, -0.1) is 11.3 Å². The van der Waals surface area contributed by atoms with Crippen molar-refractivity contribution in [3.8, 4) is 0 Å². The highest BCUT2D eigenvalue weighted by Gasteiger charge is 2.25. The second-order valence-corrected chi connectivity index (χ2v) is 6.44. The van der Waals surface area contributed by atoms with Crippen LogP contribution in [0.15, 0.2) is 23.7 Å². The number of carbonyl (C=O) groups excluding carboxylic acids is 1. The third kappa shape index (κ3) is 3.20. The normalized spacial score (nSPS) is 23.8. The van der Waals surface area contributed by atoms with Gasteiger partial charge in [0.25, 0.3) is 0 Å². The molecule has 1 fully saturated rings. The highest BCUT2D eigenvalue weighted by molar-refractivity contribution is 7.13. The number of amides is 1. The van der Waals surface area contributed by atoms with E-state index in [4.69, 9.17) is 0 Å². The van der Waals surface area contributed by atoms with Crippen molar-refractivity contribution in [2.45, 2.75) is 38.1 Å². The molecular weight excluding hydrogens is 270 g/mol. The summed E-state index contributed by atoms with van der Waals surface area (Å²) in [6.07, 6.45) is 11.2. The number of rotatable bonds is 3. The third-order valence-corrected chi connectivity index (χ3v) is 5.00. The summed E-state index contributed by atoms with van der Waals surface area (Å²) in [6, 6.07) is 0.338. The average Bonchev–Trinajstić information content (AvgIpc) is 3.03. The fourth-order valence-electron chi connectivity index (χ4n) is 2.94. The predicted octanol–water partition coefficient (Wildman–Crippen LogP) is 2.58. The average molecular weight is 291 g/mol. The van der Waals surface area contributed by atoms with E-state index in [0.717, 1.165) is 50.3 Å². The first-order valence-corrected chi connectivity index (χ1v) is 8.30. The van der Waals surface area contributed by atoms with Crippen LogP contribution in [0.4, 0.5) is 5.13 Å². The molecule has 1 N–H and O–H groups in total. The third-order valence-electron chi connectivity index (χ3n) is 4.17. The zero-order valence-corrected chi connectivity index (χ0v) is 12.4. The number of carbonyl (C=O) groups is 1. The van der Waals surface area contributed by atoms with Crippen LogP contribution in [-0.2, 0) is 4.79 Å². The van der Waals surface area contributed by atoms with Crippen molar-refractivity contribution in [3.63, 3.8) is 0 Å². The maximum Gasteiger partial charge on any atom is 0.223 e. The number of piperidine rings is 1. The molecule has 1 saturated heterocycles. The number of nitrogens with one attached hydrogen (secondary N) is 1. The van der Waals surface area contributed by atoms with Gasteiger partial charge in [0.05, 0.1) is 0 Å². The summed E-state index contributed by atoms with van der Waals surface area (Å²) in [5.41, 5.74) is 0. The minimum absolute atomic E-state index is 0.192. The maximum atomic E-state index is 12.2. The minimum Gasteiger partial charge on any atom is -0.353 e. The number of aromatic nitrogens is 1. The predicted molar refractivity (Wildman–Crippen MR) is 82.0 cm³/mol. The van der Waals surface area contributed by atoms with Gasteiger partial charge in [0.2, 0.25) is 5.91 Å². The van der Waals surface area contributed by atoms with Crippen molar-refractivity contribution in [2.75, 3.05) is 18.0 Å². The van der Waals surface area contributed by atoms with E-state index >= 15 is 0 Å². The zero-order valence-electron chi connectivity index (χ0n) is 11.6. The second-order valence-electron chi connectivity index (χ2n) is 5.57. The van der Waals surface area contributed by atoms with Crippen LogP contribution >= 0.6 is 11.3 Å². The van der Waals surface area contributed by atoms with Crippen LogP contribution in [0.25, 0.3) is 0 Å². The summed E-state index contributed by atoms with van der Waals surface area (Å²) in [7, 11) is 0. The molecule has 0 saturated carbocycles. The number of hydrogen-bond acceptors (Lipinski definition) is 4. The SMILES string of the molecule is O=C(NC1CCN(c2nccs2)CC1)[C@H]1CC=CCC1. The molecule has 108 valence electrons. The highest BCUT2D eigenvalue weighted by Crippen LogP contribution is 2.23. The van der Waals surface area contributed by atoms with Gasteiger partial charge in [-0.2, -0.15) is 0 Å². The molecule has 2 heterocycles. The first kappa shape index (κ1) is 13.6. The Morgan fingerprint density at radius 1 is 1.30 bits per heavy atom. The summed E-state index contributed by atoms with van der Waals surface area (Å²) >= 11 is 1.69. The van der Waals surface area contributed by atoms with Gasteiger partial charge < -0.3 is 10.2 Å². The number of anilines is 1. The Morgan fingerprint density at radius 2 is 2.15 bits per heavy atom. The summed E-state index contributed by atoms with van der Waals surface area (Å²) in [6.45, 7) is 1.98. The lowest BCUT2D eigenvalue weighted by Gasteiger charge is -2.33. The van der Waals surface area contributed by atoms with Crippen molar-refractivity contribution < 1.29 is 4.79 Å². The molecule has 20 heavy (non-hydrogen) atoms. The summed E-state index contributed by atoms with van der Waals surface area (Å²) in [5.74, 6) is 0.444. The lowest BCUT2D eigenvalue weighted by atomic mass is 9.93. The Bertz CT molecular complexity index is 463. The van der Waals surface area contributed by atoms with Gasteiger partial charge in [0.15, 0.2) is 5.13 Å². The molecule has 5 heteroatoms. The topological polar surface area (TPSA) is 45.2 Å². The van der Waals surface area contributed by atoms with Gasteiger partial charge in [0, 0.05) is 36.6 Å². The Kier molecular flexibility index (Phi) is 4.35. The molecule has 1 aromatic rings. The van der Waals surface area contributed by atoms with Crippen LogP contribution in [0.1, 0.15) is 32.1 Å². The van der Waals surface area contributed by atoms with Gasteiger partial charge in [0.1, 0.15) is 0 Å². The fourth-order valence-corrected chi connectivity index (χ4v) is 3.63. The van der Waals surface area contributed by atoms with E-state index in [0.29, 0.717) is 6.04 Å². The maximum absolute atomic E-state index is 12.2. The van der Waals surface area contributed by atoms with Crippen LogP contribution in [0, 0.1) is 5.92 Å². The van der Waals surface area contributed by atoms with Crippen LogP contribution in [0.5, 0.6) is 0 Å². The molecular formula is C15H21N3OS. The number of thiazole rings is 1. The van der Waals surface area contributed by atoms with Crippen LogP contribution in [-0.4, -0.2) is 30.0 Å². The van der Waals surface area contributed by atoms with Gasteiger partial charge in [-0.3, -0.25) is 4.79 Å². The molecule has 3 rings (SSSR count). The largest absolute Gasteiger partial charge is 0.353 e. The molecule has 1 aromatic heterocycles. The van der Waals surface area contributed by atoms with Crippen molar-refractivity contribution in [1.29, 1.82) is 0 Å². The van der Waals surface area contributed by atoms with E-state index in [1.165, 1.54) is 0 Å². The molecule has 2 aliphatic rings. The van der Waals surface area contributed by atoms with Crippen LogP contribution in [0.2, 0.25) is 0 Å². The van der Waals surface area contributed by atoms with Crippen LogP contribution in [0.3, 0.4) is 0 Å². The van der Waals surface area contributed by atoms with Gasteiger partial charge in [-0.05, 0) is 32.1 Å². The monoisotopic (exact) mass is 291 g/mol. The van der Waals surface area contributed by atoms with E-state index in [2.05, 4.69) is 27.4 Å². The first-order chi connectivity index (χ1) is 9.83. The Labute approximate surface area is 123 Å². The Balaban J connectivity index is 1.46. The van der Waals surface area contributed by atoms with Gasteiger partial charge >= 0.3 is 0 Å². The van der Waals surface area contributed by atoms with E-state index in [9.17, 15) is 4.79 Å². The first-order valence-electron chi connectivity index (χ1n) is 7.43. The van der Waals surface area contributed by atoms with Gasteiger partial charge in [-0.1, -0.05) is 12.2 Å². The fraction of sp³-hybridized carbons (Fsp3) is 0.600. The summed E-state index contributed by atoms with van der Waals surface area (Å²) < 4.78 is 0. The molecule has 0 spiro atoms. The van der Waals surface area contributed by atoms with Crippen molar-refractivity contribution in [2.24, 2.45) is 5.92 Å². The lowest BCUT2D eigenvalue weighted by molar-refractivity contribution is -0.126. The smallest absolute Gasteiger partial charge is 0.223 e. The molecule has 1 aliphatic heterocycles. The van der Waals surface area contributed by atoms with Crippen molar-refractivity contribution in [1.82, 2.24) is 10.3 Å². The molecule has 0 radical (unpaired) electrons. The van der Waals surface area contributed by atoms with Gasteiger partial charge in [-0.25, -0.2) is 4.98 Å². The van der Waals surface area contributed by atoms with Crippen molar-refractivity contribution >= 4 is 22.4 Å². The summed E-state index contributed by atoms with van der Waals surface area (Å²) in [4.78, 5) is 18.9. The van der Waals surface area contributed by atoms with E-state index in [1.807, 2.05) is 11.6 Å². The molecule has 1 atom stereocenters. The van der Waals surface area contributed by atoms with E-state index in [-0.39, 0.29) is 11.8 Å². The standard InChI is InChI=1S/C15H21N3OS/c19-14(12-4-2-1-3-5-12)17-13-6-9-18(10-7-13)15-16-8-11-20-15/h1-2,8,11-13H,3-7,9-10H2,(H,17,19)/t12-/m0/s1. The molecule has 1 amide bonds. The van der Waals surface area contributed by atoms with Crippen LogP contribution < -0.4 is 10.2 Å². The second kappa shape index (κ2) is 6.39. The lowest BCUT2D eigenvalue weighted by Crippen LogP contribution is -2.46. The molecule has 0 bridgehead atoms. The minimum atomic E-state index is 0.192. The number of hydrogen-bond donors (Lipinski definition) is 1. The van der Waals surface area contributed by atoms with E-state index in [1.54, 1.807) is 11.3 Å². The summed E-state index contributed by atoms with van der Waals surface area (Å²) in [5, 5.41) is 6.36. The van der Waals surface area contributed by atoms with E-state index < -0.39 is 0 Å². The Morgan fingerprint density at radius 3 is 2.80 bits per heavy atom. The highest BCUT2D eigenvalue weighted by atomic mass is 32.1. The number of nitrogens with zero attached hydrogens (tertiary/aromatic N) is 2. The zero-order chi connectivity index (χ0) is 13.8. The van der Waals surface area contributed by atoms with Crippen molar-refractivity contribution in [3.05, 3.63) is 23.7 Å².